The second-order valence-electron chi connectivity index (χ2n) is 7.59. The number of alkyl halides is 1. The van der Waals surface area contributed by atoms with E-state index in [1.54, 1.807) is 13.2 Å². The maximum Gasteiger partial charge on any atom is 0.164 e. The van der Waals surface area contributed by atoms with E-state index >= 15 is 0 Å². The van der Waals surface area contributed by atoms with Gasteiger partial charge < -0.3 is 24.3 Å². The fraction of sp³-hybridized carbons (Fsp3) is 0.364. The number of nitrogens with one attached hydrogen (secondary N) is 1. The van der Waals surface area contributed by atoms with Gasteiger partial charge in [-0.3, -0.25) is 0 Å². The molecular formula is C22H21ClFN3O4. The SMILES string of the molecule is COc1cc2c(Nc3ccc(Cl)cc3C)ncnc2cc1O[C@@H]1CO[C@@H]2[C@H]1OC[C@H]2F. The smallest absolute Gasteiger partial charge is 0.164 e. The molecule has 31 heavy (non-hydrogen) atoms. The van der Waals surface area contributed by atoms with E-state index < -0.39 is 24.5 Å². The van der Waals surface area contributed by atoms with Gasteiger partial charge in [0.05, 0.1) is 25.8 Å². The summed E-state index contributed by atoms with van der Waals surface area (Å²) in [6.07, 6.45) is -1.10. The summed E-state index contributed by atoms with van der Waals surface area (Å²) >= 11 is 6.06. The lowest BCUT2D eigenvalue weighted by Crippen LogP contribution is -2.33. The summed E-state index contributed by atoms with van der Waals surface area (Å²) in [5, 5.41) is 4.77. The van der Waals surface area contributed by atoms with Crippen molar-refractivity contribution >= 4 is 34.0 Å². The number of fused-ring (bicyclic) bond motifs is 2. The summed E-state index contributed by atoms with van der Waals surface area (Å²) in [6.45, 7) is 2.24. The zero-order chi connectivity index (χ0) is 21.5. The number of aryl methyl sites for hydroxylation is 1. The second-order valence-corrected chi connectivity index (χ2v) is 8.03. The predicted octanol–water partition coefficient (Wildman–Crippen LogP) is 4.23. The van der Waals surface area contributed by atoms with E-state index in [4.69, 9.17) is 30.5 Å². The number of anilines is 2. The van der Waals surface area contributed by atoms with Gasteiger partial charge in [0.2, 0.25) is 0 Å². The van der Waals surface area contributed by atoms with Gasteiger partial charge in [0.15, 0.2) is 23.8 Å². The first kappa shape index (κ1) is 20.2. The van der Waals surface area contributed by atoms with Crippen LogP contribution in [-0.4, -0.2) is 54.8 Å². The van der Waals surface area contributed by atoms with Crippen molar-refractivity contribution in [3.05, 3.63) is 47.2 Å². The number of ether oxygens (including phenoxy) is 4. The highest BCUT2D eigenvalue weighted by molar-refractivity contribution is 6.30. The fourth-order valence-corrected chi connectivity index (χ4v) is 4.22. The van der Waals surface area contributed by atoms with Gasteiger partial charge >= 0.3 is 0 Å². The molecule has 5 rings (SSSR count). The molecule has 0 radical (unpaired) electrons. The van der Waals surface area contributed by atoms with Crippen molar-refractivity contribution in [3.8, 4) is 11.5 Å². The van der Waals surface area contributed by atoms with Crippen LogP contribution in [0.3, 0.4) is 0 Å². The molecule has 0 bridgehead atoms. The van der Waals surface area contributed by atoms with E-state index in [1.807, 2.05) is 31.2 Å². The lowest BCUT2D eigenvalue weighted by atomic mass is 10.1. The fourth-order valence-electron chi connectivity index (χ4n) is 3.99. The highest BCUT2D eigenvalue weighted by Crippen LogP contribution is 2.38. The standard InChI is InChI=1S/C22H21ClFN3O4/c1-11-5-12(23)3-4-15(11)27-22-13-6-17(28-2)18(7-16(13)25-10-26-22)31-19-9-30-20-14(24)8-29-21(19)20/h3-7,10,14,19-21H,8-9H2,1-2H3,(H,25,26,27)/t14-,19-,20+,21+/m1/s1. The molecule has 0 saturated carbocycles. The summed E-state index contributed by atoms with van der Waals surface area (Å²) in [4.78, 5) is 8.77. The van der Waals surface area contributed by atoms with E-state index in [2.05, 4.69) is 15.3 Å². The average Bonchev–Trinajstić information content (AvgIpc) is 3.33. The maximum atomic E-state index is 13.9. The largest absolute Gasteiger partial charge is 0.493 e. The molecule has 0 amide bonds. The molecule has 2 aliphatic heterocycles. The van der Waals surface area contributed by atoms with Crippen LogP contribution in [0.5, 0.6) is 11.5 Å². The van der Waals surface area contributed by atoms with Crippen LogP contribution < -0.4 is 14.8 Å². The highest BCUT2D eigenvalue weighted by Gasteiger charge is 2.49. The molecule has 0 spiro atoms. The Labute approximate surface area is 183 Å². The summed E-state index contributed by atoms with van der Waals surface area (Å²) < 4.78 is 36.6. The molecule has 1 aromatic heterocycles. The minimum absolute atomic E-state index is 0.0242. The van der Waals surface area contributed by atoms with Gasteiger partial charge in [0.25, 0.3) is 0 Å². The number of aromatic nitrogens is 2. The van der Waals surface area contributed by atoms with E-state index in [1.165, 1.54) is 6.33 Å². The van der Waals surface area contributed by atoms with Gasteiger partial charge in [-0.1, -0.05) is 11.6 Å². The van der Waals surface area contributed by atoms with Crippen molar-refractivity contribution in [1.29, 1.82) is 0 Å². The minimum Gasteiger partial charge on any atom is -0.493 e. The van der Waals surface area contributed by atoms with E-state index in [9.17, 15) is 4.39 Å². The molecule has 9 heteroatoms. The molecule has 3 aromatic rings. The van der Waals surface area contributed by atoms with Crippen LogP contribution in [0, 0.1) is 6.92 Å². The number of halogens is 2. The molecule has 2 fully saturated rings. The third-order valence-corrected chi connectivity index (χ3v) is 5.82. The van der Waals surface area contributed by atoms with E-state index in [0.717, 1.165) is 16.6 Å². The van der Waals surface area contributed by atoms with Crippen molar-refractivity contribution < 1.29 is 23.3 Å². The minimum atomic E-state index is -1.13. The summed E-state index contributed by atoms with van der Waals surface area (Å²) in [7, 11) is 1.56. The van der Waals surface area contributed by atoms with Gasteiger partial charge in [-0.05, 0) is 36.8 Å². The molecule has 2 saturated heterocycles. The number of rotatable bonds is 5. The zero-order valence-corrected chi connectivity index (χ0v) is 17.7. The third-order valence-electron chi connectivity index (χ3n) is 5.59. The molecular weight excluding hydrogens is 425 g/mol. The molecule has 0 aliphatic carbocycles. The van der Waals surface area contributed by atoms with Gasteiger partial charge in [-0.15, -0.1) is 0 Å². The van der Waals surface area contributed by atoms with Crippen LogP contribution in [0.2, 0.25) is 5.02 Å². The van der Waals surface area contributed by atoms with Crippen LogP contribution >= 0.6 is 11.6 Å². The lowest BCUT2D eigenvalue weighted by molar-refractivity contribution is 0.0271. The first-order chi connectivity index (χ1) is 15.0. The molecule has 2 aromatic carbocycles. The number of hydrogen-bond donors (Lipinski definition) is 1. The van der Waals surface area contributed by atoms with Crippen LogP contribution in [0.25, 0.3) is 10.9 Å². The van der Waals surface area contributed by atoms with Crippen molar-refractivity contribution in [3.63, 3.8) is 0 Å². The van der Waals surface area contributed by atoms with Crippen molar-refractivity contribution in [2.75, 3.05) is 25.6 Å². The average molecular weight is 446 g/mol. The quantitative estimate of drug-likeness (QED) is 0.630. The molecule has 3 heterocycles. The number of benzene rings is 2. The second kappa shape index (κ2) is 8.11. The number of hydrogen-bond acceptors (Lipinski definition) is 7. The van der Waals surface area contributed by atoms with Crippen molar-refractivity contribution in [2.24, 2.45) is 0 Å². The lowest BCUT2D eigenvalue weighted by Gasteiger charge is -2.20. The summed E-state index contributed by atoms with van der Waals surface area (Å²) in [5.74, 6) is 1.63. The Balaban J connectivity index is 1.46. The Morgan fingerprint density at radius 3 is 2.74 bits per heavy atom. The van der Waals surface area contributed by atoms with Gasteiger partial charge in [0.1, 0.15) is 24.4 Å². The molecule has 4 atom stereocenters. The predicted molar refractivity (Wildman–Crippen MR) is 114 cm³/mol. The number of nitrogens with zero attached hydrogens (tertiary/aromatic N) is 2. The van der Waals surface area contributed by atoms with Gasteiger partial charge in [-0.25, -0.2) is 14.4 Å². The first-order valence-corrected chi connectivity index (χ1v) is 10.3. The Morgan fingerprint density at radius 2 is 1.94 bits per heavy atom. The Kier molecular flexibility index (Phi) is 5.29. The molecule has 7 nitrogen and oxygen atoms in total. The topological polar surface area (TPSA) is 74.7 Å². The maximum absolute atomic E-state index is 13.9. The Morgan fingerprint density at radius 1 is 1.10 bits per heavy atom. The number of methoxy groups -OCH3 is 1. The highest BCUT2D eigenvalue weighted by atomic mass is 35.5. The van der Waals surface area contributed by atoms with E-state index in [-0.39, 0.29) is 13.2 Å². The molecule has 1 N–H and O–H groups in total. The van der Waals surface area contributed by atoms with Crippen molar-refractivity contribution in [1.82, 2.24) is 9.97 Å². The molecule has 162 valence electrons. The van der Waals surface area contributed by atoms with Gasteiger partial charge in [-0.2, -0.15) is 0 Å². The molecule has 0 unspecified atom stereocenters. The summed E-state index contributed by atoms with van der Waals surface area (Å²) in [5.41, 5.74) is 2.55. The normalized spacial score (nSPS) is 24.9. The van der Waals surface area contributed by atoms with E-state index in [0.29, 0.717) is 27.9 Å². The monoisotopic (exact) mass is 445 g/mol. The van der Waals surface area contributed by atoms with Crippen LogP contribution in [0.15, 0.2) is 36.7 Å². The third kappa shape index (κ3) is 3.75. The van der Waals surface area contributed by atoms with Crippen molar-refractivity contribution in [2.45, 2.75) is 31.4 Å². The molecule has 2 aliphatic rings. The summed E-state index contributed by atoms with van der Waals surface area (Å²) in [6, 6.07) is 9.20. The van der Waals surface area contributed by atoms with Crippen LogP contribution in [0.4, 0.5) is 15.9 Å². The first-order valence-electron chi connectivity index (χ1n) is 9.93. The van der Waals surface area contributed by atoms with Gasteiger partial charge in [0, 0.05) is 22.2 Å². The Bertz CT molecular complexity index is 1130. The van der Waals surface area contributed by atoms with Crippen LogP contribution in [0.1, 0.15) is 5.56 Å². The Hall–Kier alpha value is -2.68. The van der Waals surface area contributed by atoms with Crippen LogP contribution in [-0.2, 0) is 9.47 Å². The zero-order valence-electron chi connectivity index (χ0n) is 17.0.